The smallest absolute Gasteiger partial charge is 0.122 e. The van der Waals surface area contributed by atoms with E-state index in [0.29, 0.717) is 11.5 Å². The molecule has 0 spiro atoms. The molecule has 0 aliphatic carbocycles. The average molecular weight is 288 g/mol. The van der Waals surface area contributed by atoms with Gasteiger partial charge in [-0.1, -0.05) is 32.9 Å². The molecule has 3 nitrogen and oxygen atoms in total. The molecule has 1 aromatic carbocycles. The van der Waals surface area contributed by atoms with Crippen molar-refractivity contribution in [2.45, 2.75) is 39.7 Å². The van der Waals surface area contributed by atoms with Crippen LogP contribution in [0.3, 0.4) is 0 Å². The van der Waals surface area contributed by atoms with Gasteiger partial charge in [0.05, 0.1) is 6.61 Å². The Labute approximate surface area is 128 Å². The highest BCUT2D eigenvalue weighted by molar-refractivity contribution is 5.39. The van der Waals surface area contributed by atoms with E-state index in [9.17, 15) is 0 Å². The molecule has 2 aliphatic heterocycles. The van der Waals surface area contributed by atoms with Gasteiger partial charge in [-0.3, -0.25) is 0 Å². The fourth-order valence-corrected chi connectivity index (χ4v) is 3.28. The van der Waals surface area contributed by atoms with Crippen LogP contribution in [0.4, 0.5) is 0 Å². The quantitative estimate of drug-likeness (QED) is 0.925. The fourth-order valence-electron chi connectivity index (χ4n) is 3.28. The predicted octanol–water partition coefficient (Wildman–Crippen LogP) is 2.48. The molecule has 3 heteroatoms. The van der Waals surface area contributed by atoms with Crippen molar-refractivity contribution >= 4 is 0 Å². The highest BCUT2D eigenvalue weighted by atomic mass is 16.5. The van der Waals surface area contributed by atoms with Crippen molar-refractivity contribution in [3.63, 3.8) is 0 Å². The zero-order chi connectivity index (χ0) is 14.9. The summed E-state index contributed by atoms with van der Waals surface area (Å²) in [6.45, 7) is 12.4. The molecule has 2 aliphatic rings. The number of nitrogens with zero attached hydrogens (tertiary/aromatic N) is 1. The number of hydrogen-bond donors (Lipinski definition) is 1. The Morgan fingerprint density at radius 2 is 2.19 bits per heavy atom. The second kappa shape index (κ2) is 5.98. The van der Waals surface area contributed by atoms with E-state index in [1.807, 2.05) is 0 Å². The third-order valence-electron chi connectivity index (χ3n) is 4.78. The van der Waals surface area contributed by atoms with Crippen molar-refractivity contribution in [3.05, 3.63) is 29.3 Å². The Morgan fingerprint density at radius 1 is 1.33 bits per heavy atom. The summed E-state index contributed by atoms with van der Waals surface area (Å²) in [5.41, 5.74) is 3.18. The van der Waals surface area contributed by atoms with Gasteiger partial charge in [-0.25, -0.2) is 0 Å². The van der Waals surface area contributed by atoms with Crippen molar-refractivity contribution in [1.29, 1.82) is 0 Å². The molecule has 1 atom stereocenters. The second-order valence-electron chi connectivity index (χ2n) is 7.46. The minimum Gasteiger partial charge on any atom is -0.493 e. The summed E-state index contributed by atoms with van der Waals surface area (Å²) in [5.74, 6) is 1.09. The summed E-state index contributed by atoms with van der Waals surface area (Å²) < 4.78 is 5.58. The molecular weight excluding hydrogens is 260 g/mol. The maximum Gasteiger partial charge on any atom is 0.122 e. The first kappa shape index (κ1) is 14.9. The summed E-state index contributed by atoms with van der Waals surface area (Å²) in [7, 11) is 0. The highest BCUT2D eigenvalue weighted by Gasteiger charge is 2.28. The SMILES string of the molecule is CC(C)(C)C1CN(CCc2ccc3c(c2)CCO3)CCN1. The maximum absolute atomic E-state index is 5.58. The van der Waals surface area contributed by atoms with Crippen LogP contribution < -0.4 is 10.1 Å². The summed E-state index contributed by atoms with van der Waals surface area (Å²) in [4.78, 5) is 2.61. The fraction of sp³-hybridized carbons (Fsp3) is 0.667. The molecule has 0 aromatic heterocycles. The molecule has 1 saturated heterocycles. The summed E-state index contributed by atoms with van der Waals surface area (Å²) in [5, 5.41) is 3.66. The van der Waals surface area contributed by atoms with Crippen LogP contribution in [0.2, 0.25) is 0 Å². The van der Waals surface area contributed by atoms with Gasteiger partial charge in [0.2, 0.25) is 0 Å². The van der Waals surface area contributed by atoms with Crippen molar-refractivity contribution < 1.29 is 4.74 Å². The normalized spacial score (nSPS) is 22.9. The van der Waals surface area contributed by atoms with Crippen LogP contribution in [0.15, 0.2) is 18.2 Å². The number of rotatable bonds is 3. The van der Waals surface area contributed by atoms with Gasteiger partial charge in [0.25, 0.3) is 0 Å². The van der Waals surface area contributed by atoms with Crippen LogP contribution >= 0.6 is 0 Å². The topological polar surface area (TPSA) is 24.5 Å². The average Bonchev–Trinajstić information content (AvgIpc) is 2.92. The van der Waals surface area contributed by atoms with E-state index >= 15 is 0 Å². The lowest BCUT2D eigenvalue weighted by atomic mass is 9.85. The van der Waals surface area contributed by atoms with E-state index in [1.54, 1.807) is 0 Å². The lowest BCUT2D eigenvalue weighted by molar-refractivity contribution is 0.135. The zero-order valence-electron chi connectivity index (χ0n) is 13.6. The first-order valence-corrected chi connectivity index (χ1v) is 8.23. The van der Waals surface area contributed by atoms with Crippen LogP contribution in [-0.2, 0) is 12.8 Å². The molecule has 0 bridgehead atoms. The van der Waals surface area contributed by atoms with Gasteiger partial charge in [-0.15, -0.1) is 0 Å². The molecule has 1 unspecified atom stereocenters. The van der Waals surface area contributed by atoms with Gasteiger partial charge in [0, 0.05) is 38.6 Å². The molecule has 116 valence electrons. The van der Waals surface area contributed by atoms with Gasteiger partial charge in [0.15, 0.2) is 0 Å². The van der Waals surface area contributed by atoms with Crippen LogP contribution in [0.5, 0.6) is 5.75 Å². The summed E-state index contributed by atoms with van der Waals surface area (Å²) in [6, 6.07) is 7.31. The zero-order valence-corrected chi connectivity index (χ0v) is 13.6. The van der Waals surface area contributed by atoms with Gasteiger partial charge in [-0.2, -0.15) is 0 Å². The van der Waals surface area contributed by atoms with E-state index in [1.165, 1.54) is 17.7 Å². The van der Waals surface area contributed by atoms with E-state index in [0.717, 1.165) is 44.8 Å². The Hall–Kier alpha value is -1.06. The number of piperazine rings is 1. The molecular formula is C18H28N2O. The number of benzene rings is 1. The van der Waals surface area contributed by atoms with Crippen LogP contribution in [-0.4, -0.2) is 43.7 Å². The standard InChI is InChI=1S/C18H28N2O/c1-18(2,3)17-13-20(10-8-19-17)9-6-14-4-5-16-15(12-14)7-11-21-16/h4-5,12,17,19H,6-11,13H2,1-3H3. The van der Waals surface area contributed by atoms with Crippen LogP contribution in [0.1, 0.15) is 31.9 Å². The minimum absolute atomic E-state index is 0.337. The maximum atomic E-state index is 5.58. The van der Waals surface area contributed by atoms with E-state index in [2.05, 4.69) is 49.2 Å². The molecule has 1 aromatic rings. The van der Waals surface area contributed by atoms with Crippen molar-refractivity contribution in [2.75, 3.05) is 32.8 Å². The predicted molar refractivity (Wildman–Crippen MR) is 87.0 cm³/mol. The first-order valence-electron chi connectivity index (χ1n) is 8.23. The monoisotopic (exact) mass is 288 g/mol. The van der Waals surface area contributed by atoms with Crippen LogP contribution in [0.25, 0.3) is 0 Å². The van der Waals surface area contributed by atoms with E-state index < -0.39 is 0 Å². The Kier molecular flexibility index (Phi) is 4.23. The largest absolute Gasteiger partial charge is 0.493 e. The van der Waals surface area contributed by atoms with E-state index in [4.69, 9.17) is 4.74 Å². The lowest BCUT2D eigenvalue weighted by Gasteiger charge is -2.40. The molecule has 1 N–H and O–H groups in total. The summed E-state index contributed by atoms with van der Waals surface area (Å²) >= 11 is 0. The van der Waals surface area contributed by atoms with Gasteiger partial charge < -0.3 is 15.0 Å². The Morgan fingerprint density at radius 3 is 3.00 bits per heavy atom. The van der Waals surface area contributed by atoms with Crippen molar-refractivity contribution in [3.8, 4) is 5.75 Å². The number of hydrogen-bond acceptors (Lipinski definition) is 3. The molecule has 0 radical (unpaired) electrons. The number of fused-ring (bicyclic) bond motifs is 1. The Balaban J connectivity index is 1.55. The third kappa shape index (κ3) is 3.58. The van der Waals surface area contributed by atoms with Gasteiger partial charge in [-0.05, 0) is 29.0 Å². The van der Waals surface area contributed by atoms with Gasteiger partial charge in [0.1, 0.15) is 5.75 Å². The number of nitrogens with one attached hydrogen (secondary N) is 1. The first-order chi connectivity index (χ1) is 10.0. The lowest BCUT2D eigenvalue weighted by Crippen LogP contribution is -2.56. The number of ether oxygens (including phenoxy) is 1. The molecule has 1 fully saturated rings. The second-order valence-corrected chi connectivity index (χ2v) is 7.46. The highest BCUT2D eigenvalue weighted by Crippen LogP contribution is 2.26. The summed E-state index contributed by atoms with van der Waals surface area (Å²) in [6.07, 6.45) is 2.22. The minimum atomic E-state index is 0.337. The molecule has 0 amide bonds. The molecule has 0 saturated carbocycles. The van der Waals surface area contributed by atoms with Gasteiger partial charge >= 0.3 is 0 Å². The van der Waals surface area contributed by atoms with E-state index in [-0.39, 0.29) is 0 Å². The van der Waals surface area contributed by atoms with Crippen molar-refractivity contribution in [2.24, 2.45) is 5.41 Å². The van der Waals surface area contributed by atoms with Crippen molar-refractivity contribution in [1.82, 2.24) is 10.2 Å². The molecule has 3 rings (SSSR count). The van der Waals surface area contributed by atoms with Crippen LogP contribution in [0, 0.1) is 5.41 Å². The molecule has 2 heterocycles. The Bertz CT molecular complexity index is 492. The third-order valence-corrected chi connectivity index (χ3v) is 4.78. The molecule has 21 heavy (non-hydrogen) atoms.